The molecule has 0 bridgehead atoms. The highest BCUT2D eigenvalue weighted by Crippen LogP contribution is 2.10. The fourth-order valence-electron chi connectivity index (χ4n) is 1.09. The van der Waals surface area contributed by atoms with Crippen LogP contribution in [0.25, 0.3) is 0 Å². The lowest BCUT2D eigenvalue weighted by molar-refractivity contribution is -0.159. The molecule has 0 radical (unpaired) electrons. The van der Waals surface area contributed by atoms with E-state index >= 15 is 0 Å². The van der Waals surface area contributed by atoms with E-state index in [0.29, 0.717) is 13.2 Å². The second kappa shape index (κ2) is 7.63. The SMILES string of the molecule is CCOCCNC[C@@H](C)C(=O)OC(C)(C)C. The van der Waals surface area contributed by atoms with E-state index in [0.717, 1.165) is 13.2 Å². The summed E-state index contributed by atoms with van der Waals surface area (Å²) in [5.41, 5.74) is -0.406. The zero-order chi connectivity index (χ0) is 12.6. The molecule has 0 amide bonds. The lowest BCUT2D eigenvalue weighted by atomic mass is 10.1. The van der Waals surface area contributed by atoms with E-state index in [9.17, 15) is 4.79 Å². The highest BCUT2D eigenvalue weighted by atomic mass is 16.6. The third-order valence-corrected chi connectivity index (χ3v) is 1.89. The molecule has 0 aliphatic rings. The maximum Gasteiger partial charge on any atom is 0.310 e. The Morgan fingerprint density at radius 1 is 1.38 bits per heavy atom. The van der Waals surface area contributed by atoms with Gasteiger partial charge in [0.2, 0.25) is 0 Å². The van der Waals surface area contributed by atoms with Crippen LogP contribution in [0.5, 0.6) is 0 Å². The molecule has 4 nitrogen and oxygen atoms in total. The maximum absolute atomic E-state index is 11.6. The van der Waals surface area contributed by atoms with Gasteiger partial charge in [0.05, 0.1) is 12.5 Å². The smallest absolute Gasteiger partial charge is 0.310 e. The van der Waals surface area contributed by atoms with Gasteiger partial charge < -0.3 is 14.8 Å². The summed E-state index contributed by atoms with van der Waals surface area (Å²) in [4.78, 5) is 11.6. The number of hydrogen-bond donors (Lipinski definition) is 1. The number of esters is 1. The van der Waals surface area contributed by atoms with Gasteiger partial charge in [0.15, 0.2) is 0 Å². The minimum absolute atomic E-state index is 0.124. The standard InChI is InChI=1S/C12H25NO3/c1-6-15-8-7-13-9-10(2)11(14)16-12(3,4)5/h10,13H,6-9H2,1-5H3/t10-/m1/s1. The van der Waals surface area contributed by atoms with Crippen molar-refractivity contribution in [3.05, 3.63) is 0 Å². The number of carbonyl (C=O) groups is 1. The second-order valence-corrected chi connectivity index (χ2v) is 4.84. The van der Waals surface area contributed by atoms with Crippen molar-refractivity contribution >= 4 is 5.97 Å². The van der Waals surface area contributed by atoms with Crippen LogP contribution in [0.3, 0.4) is 0 Å². The first kappa shape index (κ1) is 15.4. The molecule has 0 fully saturated rings. The van der Waals surface area contributed by atoms with Gasteiger partial charge in [-0.3, -0.25) is 4.79 Å². The molecule has 0 aromatic heterocycles. The van der Waals surface area contributed by atoms with Crippen LogP contribution in [-0.2, 0) is 14.3 Å². The van der Waals surface area contributed by atoms with E-state index in [4.69, 9.17) is 9.47 Å². The highest BCUT2D eigenvalue weighted by molar-refractivity contribution is 5.72. The van der Waals surface area contributed by atoms with Crippen LogP contribution in [-0.4, -0.2) is 37.9 Å². The van der Waals surface area contributed by atoms with Gasteiger partial charge in [-0.15, -0.1) is 0 Å². The van der Waals surface area contributed by atoms with Crippen LogP contribution in [0.4, 0.5) is 0 Å². The molecule has 1 atom stereocenters. The van der Waals surface area contributed by atoms with E-state index in [1.54, 1.807) is 0 Å². The van der Waals surface area contributed by atoms with Crippen LogP contribution in [0.2, 0.25) is 0 Å². The molecule has 16 heavy (non-hydrogen) atoms. The third kappa shape index (κ3) is 8.68. The summed E-state index contributed by atoms with van der Waals surface area (Å²) < 4.78 is 10.4. The first-order valence-electron chi connectivity index (χ1n) is 5.88. The zero-order valence-corrected chi connectivity index (χ0v) is 11.1. The van der Waals surface area contributed by atoms with Crippen LogP contribution in [0.15, 0.2) is 0 Å². The summed E-state index contributed by atoms with van der Waals surface area (Å²) in [7, 11) is 0. The van der Waals surface area contributed by atoms with Crippen LogP contribution in [0, 0.1) is 5.92 Å². The van der Waals surface area contributed by atoms with E-state index in [2.05, 4.69) is 5.32 Å². The molecule has 0 aliphatic carbocycles. The molecule has 1 N–H and O–H groups in total. The quantitative estimate of drug-likeness (QED) is 0.534. The van der Waals surface area contributed by atoms with Gasteiger partial charge in [-0.05, 0) is 27.7 Å². The van der Waals surface area contributed by atoms with Crippen molar-refractivity contribution in [2.75, 3.05) is 26.3 Å². The maximum atomic E-state index is 11.6. The normalized spacial score (nSPS) is 13.6. The van der Waals surface area contributed by atoms with Gasteiger partial charge in [-0.2, -0.15) is 0 Å². The number of rotatable bonds is 7. The van der Waals surface area contributed by atoms with Gasteiger partial charge in [0.25, 0.3) is 0 Å². The minimum atomic E-state index is -0.406. The van der Waals surface area contributed by atoms with Crippen molar-refractivity contribution in [2.45, 2.75) is 40.2 Å². The molecule has 0 aromatic carbocycles. The predicted octanol–water partition coefficient (Wildman–Crippen LogP) is 1.59. The average Bonchev–Trinajstić information content (AvgIpc) is 2.14. The van der Waals surface area contributed by atoms with Crippen molar-refractivity contribution in [3.8, 4) is 0 Å². The van der Waals surface area contributed by atoms with Crippen molar-refractivity contribution in [3.63, 3.8) is 0 Å². The van der Waals surface area contributed by atoms with E-state index in [-0.39, 0.29) is 11.9 Å². The Kier molecular flexibility index (Phi) is 7.34. The minimum Gasteiger partial charge on any atom is -0.460 e. The Bertz CT molecular complexity index is 199. The lowest BCUT2D eigenvalue weighted by Crippen LogP contribution is -2.34. The summed E-state index contributed by atoms with van der Waals surface area (Å²) in [5.74, 6) is -0.280. The Morgan fingerprint density at radius 3 is 2.50 bits per heavy atom. The van der Waals surface area contributed by atoms with Gasteiger partial charge in [-0.1, -0.05) is 6.92 Å². The van der Waals surface area contributed by atoms with Crippen LogP contribution >= 0.6 is 0 Å². The molecule has 4 heteroatoms. The van der Waals surface area contributed by atoms with Crippen molar-refractivity contribution in [1.29, 1.82) is 0 Å². The van der Waals surface area contributed by atoms with E-state index in [1.807, 2.05) is 34.6 Å². The Hall–Kier alpha value is -0.610. The fraction of sp³-hybridized carbons (Fsp3) is 0.917. The molecule has 0 rings (SSSR count). The predicted molar refractivity (Wildman–Crippen MR) is 64.4 cm³/mol. The first-order chi connectivity index (χ1) is 7.37. The van der Waals surface area contributed by atoms with E-state index < -0.39 is 5.60 Å². The largest absolute Gasteiger partial charge is 0.460 e. The molecule has 0 saturated heterocycles. The Labute approximate surface area is 98.7 Å². The number of ether oxygens (including phenoxy) is 2. The molecule has 0 unspecified atom stereocenters. The Morgan fingerprint density at radius 2 is 2.00 bits per heavy atom. The zero-order valence-electron chi connectivity index (χ0n) is 11.1. The molecule has 0 heterocycles. The molecular formula is C12H25NO3. The molecule has 0 spiro atoms. The van der Waals surface area contributed by atoms with Crippen LogP contribution < -0.4 is 5.32 Å². The molecule has 96 valence electrons. The van der Waals surface area contributed by atoms with Gasteiger partial charge in [-0.25, -0.2) is 0 Å². The van der Waals surface area contributed by atoms with Gasteiger partial charge >= 0.3 is 5.97 Å². The Balaban J connectivity index is 3.64. The average molecular weight is 231 g/mol. The third-order valence-electron chi connectivity index (χ3n) is 1.89. The molecule has 0 saturated carbocycles. The number of hydrogen-bond acceptors (Lipinski definition) is 4. The molecular weight excluding hydrogens is 206 g/mol. The first-order valence-corrected chi connectivity index (χ1v) is 5.88. The number of nitrogens with one attached hydrogen (secondary N) is 1. The van der Waals surface area contributed by atoms with Crippen LogP contribution in [0.1, 0.15) is 34.6 Å². The highest BCUT2D eigenvalue weighted by Gasteiger charge is 2.21. The lowest BCUT2D eigenvalue weighted by Gasteiger charge is -2.22. The summed E-state index contributed by atoms with van der Waals surface area (Å²) in [6.07, 6.45) is 0. The fourth-order valence-corrected chi connectivity index (χ4v) is 1.09. The summed E-state index contributed by atoms with van der Waals surface area (Å²) in [6, 6.07) is 0. The second-order valence-electron chi connectivity index (χ2n) is 4.84. The monoisotopic (exact) mass is 231 g/mol. The van der Waals surface area contributed by atoms with Crippen molar-refractivity contribution in [1.82, 2.24) is 5.32 Å². The molecule has 0 aliphatic heterocycles. The summed E-state index contributed by atoms with van der Waals surface area (Å²) in [6.45, 7) is 12.2. The summed E-state index contributed by atoms with van der Waals surface area (Å²) in [5, 5.41) is 3.16. The van der Waals surface area contributed by atoms with Gasteiger partial charge in [0, 0.05) is 19.7 Å². The number of carbonyl (C=O) groups excluding carboxylic acids is 1. The van der Waals surface area contributed by atoms with E-state index in [1.165, 1.54) is 0 Å². The van der Waals surface area contributed by atoms with Crippen molar-refractivity contribution in [2.24, 2.45) is 5.92 Å². The topological polar surface area (TPSA) is 47.6 Å². The molecule has 0 aromatic rings. The summed E-state index contributed by atoms with van der Waals surface area (Å²) >= 11 is 0. The van der Waals surface area contributed by atoms with Gasteiger partial charge in [0.1, 0.15) is 5.60 Å². The van der Waals surface area contributed by atoms with Crippen molar-refractivity contribution < 1.29 is 14.3 Å².